The van der Waals surface area contributed by atoms with Gasteiger partial charge in [0.1, 0.15) is 22.8 Å². The number of aryl methyl sites for hydroxylation is 1. The van der Waals surface area contributed by atoms with Gasteiger partial charge < -0.3 is 10.6 Å². The molecule has 0 saturated carbocycles. The number of hydrogen-bond donors (Lipinski definition) is 2. The summed E-state index contributed by atoms with van der Waals surface area (Å²) in [7, 11) is 0. The Morgan fingerprint density at radius 1 is 1.07 bits per heavy atom. The molecule has 0 unspecified atom stereocenters. The molecule has 2 aromatic carbocycles. The van der Waals surface area contributed by atoms with E-state index < -0.39 is 5.82 Å². The van der Waals surface area contributed by atoms with Gasteiger partial charge in [-0.2, -0.15) is 0 Å². The molecular weight excluding hydrogens is 387 g/mol. The third-order valence-corrected chi connectivity index (χ3v) is 5.53. The summed E-state index contributed by atoms with van der Waals surface area (Å²) in [5, 5.41) is 6.79. The van der Waals surface area contributed by atoms with E-state index in [4.69, 9.17) is 0 Å². The van der Waals surface area contributed by atoms with Crippen LogP contribution in [0, 0.1) is 12.7 Å². The largest absolute Gasteiger partial charge is 0.369 e. The molecule has 7 heteroatoms. The maximum atomic E-state index is 13.7. The van der Waals surface area contributed by atoms with Crippen LogP contribution in [0.25, 0.3) is 21.3 Å². The number of anilines is 2. The van der Waals surface area contributed by atoms with E-state index in [1.54, 1.807) is 23.5 Å². The van der Waals surface area contributed by atoms with Crippen LogP contribution in [-0.4, -0.2) is 22.4 Å². The summed E-state index contributed by atoms with van der Waals surface area (Å²) in [6, 6.07) is 16.2. The monoisotopic (exact) mass is 406 g/mol. The number of fused-ring (bicyclic) bond motifs is 1. The Bertz CT molecular complexity index is 1160. The highest BCUT2D eigenvalue weighted by Gasteiger charge is 2.16. The van der Waals surface area contributed by atoms with Crippen LogP contribution in [0.5, 0.6) is 0 Å². The van der Waals surface area contributed by atoms with Gasteiger partial charge in [-0.15, -0.1) is 11.3 Å². The zero-order valence-electron chi connectivity index (χ0n) is 15.8. The van der Waals surface area contributed by atoms with Crippen LogP contribution < -0.4 is 10.6 Å². The highest BCUT2D eigenvalue weighted by atomic mass is 32.1. The van der Waals surface area contributed by atoms with Crippen LogP contribution in [0.2, 0.25) is 0 Å². The van der Waals surface area contributed by atoms with Gasteiger partial charge in [-0.1, -0.05) is 42.5 Å². The fourth-order valence-electron chi connectivity index (χ4n) is 3.20. The molecule has 0 atom stereocenters. The van der Waals surface area contributed by atoms with E-state index in [1.165, 1.54) is 18.5 Å². The molecule has 0 fully saturated rings. The molecule has 0 radical (unpaired) electrons. The first-order valence-electron chi connectivity index (χ1n) is 9.21. The number of aromatic nitrogens is 2. The van der Waals surface area contributed by atoms with E-state index in [9.17, 15) is 9.18 Å². The van der Waals surface area contributed by atoms with E-state index in [2.05, 4.69) is 39.7 Å². The Kier molecular flexibility index (Phi) is 5.48. The molecule has 0 aliphatic heterocycles. The summed E-state index contributed by atoms with van der Waals surface area (Å²) in [6.45, 7) is 2.44. The van der Waals surface area contributed by atoms with Gasteiger partial charge in [0, 0.05) is 23.4 Å². The van der Waals surface area contributed by atoms with Crippen molar-refractivity contribution < 1.29 is 9.18 Å². The third-order valence-electron chi connectivity index (χ3n) is 4.52. The van der Waals surface area contributed by atoms with Crippen LogP contribution in [0.15, 0.2) is 60.9 Å². The minimum atomic E-state index is -0.451. The summed E-state index contributed by atoms with van der Waals surface area (Å²) in [5.41, 5.74) is 2.39. The molecular formula is C22H19FN4OS. The van der Waals surface area contributed by atoms with Gasteiger partial charge in [-0.3, -0.25) is 4.79 Å². The summed E-state index contributed by atoms with van der Waals surface area (Å²) >= 11 is 1.62. The number of benzene rings is 2. The summed E-state index contributed by atoms with van der Waals surface area (Å²) in [5.74, 6) is -0.0258. The molecule has 4 rings (SSSR count). The van der Waals surface area contributed by atoms with Gasteiger partial charge in [0.05, 0.1) is 11.1 Å². The molecule has 0 bridgehead atoms. The number of carbonyl (C=O) groups excluding carboxylic acids is 1. The predicted molar refractivity (Wildman–Crippen MR) is 116 cm³/mol. The maximum Gasteiger partial charge on any atom is 0.226 e. The average Bonchev–Trinajstić information content (AvgIpc) is 3.07. The summed E-state index contributed by atoms with van der Waals surface area (Å²) < 4.78 is 13.7. The summed E-state index contributed by atoms with van der Waals surface area (Å²) in [6.07, 6.45) is 1.71. The molecule has 2 N–H and O–H groups in total. The highest BCUT2D eigenvalue weighted by molar-refractivity contribution is 7.19. The van der Waals surface area contributed by atoms with Gasteiger partial charge in [0.25, 0.3) is 0 Å². The van der Waals surface area contributed by atoms with Crippen LogP contribution in [0.3, 0.4) is 0 Å². The minimum Gasteiger partial charge on any atom is -0.369 e. The van der Waals surface area contributed by atoms with Gasteiger partial charge in [0.2, 0.25) is 5.91 Å². The first-order valence-corrected chi connectivity index (χ1v) is 10.0. The number of thiophene rings is 1. The van der Waals surface area contributed by atoms with E-state index >= 15 is 0 Å². The molecule has 0 saturated heterocycles. The standard InChI is InChI=1S/C22H19FN4OS/c1-14-19(15-7-3-2-4-8-15)20-21(25-13-26-22(20)29-14)24-12-11-18(28)27-17-10-6-5-9-16(17)23/h2-10,13H,11-12H2,1H3,(H,27,28)(H,24,25,26). The molecule has 146 valence electrons. The lowest BCUT2D eigenvalue weighted by Crippen LogP contribution is -2.17. The van der Waals surface area contributed by atoms with Gasteiger partial charge in [-0.05, 0) is 24.6 Å². The van der Waals surface area contributed by atoms with Crippen molar-refractivity contribution >= 4 is 39.0 Å². The van der Waals surface area contributed by atoms with Crippen molar-refractivity contribution in [2.75, 3.05) is 17.2 Å². The van der Waals surface area contributed by atoms with Crippen molar-refractivity contribution in [3.63, 3.8) is 0 Å². The molecule has 2 aromatic heterocycles. The van der Waals surface area contributed by atoms with Crippen LogP contribution >= 0.6 is 11.3 Å². The van der Waals surface area contributed by atoms with E-state index in [1.807, 2.05) is 18.2 Å². The third kappa shape index (κ3) is 4.09. The van der Waals surface area contributed by atoms with E-state index in [0.29, 0.717) is 12.4 Å². The van der Waals surface area contributed by atoms with Crippen LogP contribution in [0.1, 0.15) is 11.3 Å². The van der Waals surface area contributed by atoms with Gasteiger partial charge in [-0.25, -0.2) is 14.4 Å². The van der Waals surface area contributed by atoms with Gasteiger partial charge in [0.15, 0.2) is 0 Å². The van der Waals surface area contributed by atoms with E-state index in [-0.39, 0.29) is 18.0 Å². The normalized spacial score (nSPS) is 10.8. The smallest absolute Gasteiger partial charge is 0.226 e. The lowest BCUT2D eigenvalue weighted by atomic mass is 10.0. The fourth-order valence-corrected chi connectivity index (χ4v) is 4.21. The topological polar surface area (TPSA) is 66.9 Å². The van der Waals surface area contributed by atoms with E-state index in [0.717, 1.165) is 26.2 Å². The van der Waals surface area contributed by atoms with Crippen LogP contribution in [-0.2, 0) is 4.79 Å². The number of para-hydroxylation sites is 1. The second-order valence-electron chi connectivity index (χ2n) is 6.51. The number of halogens is 1. The second kappa shape index (κ2) is 8.36. The Labute approximate surface area is 171 Å². The van der Waals surface area contributed by atoms with Crippen molar-refractivity contribution in [3.05, 3.63) is 71.6 Å². The Hall–Kier alpha value is -3.32. The van der Waals surface area contributed by atoms with Crippen LogP contribution in [0.4, 0.5) is 15.9 Å². The highest BCUT2D eigenvalue weighted by Crippen LogP contribution is 2.40. The number of carbonyl (C=O) groups is 1. The van der Waals surface area contributed by atoms with Crippen molar-refractivity contribution in [1.29, 1.82) is 0 Å². The Morgan fingerprint density at radius 3 is 2.62 bits per heavy atom. The molecule has 0 aliphatic carbocycles. The molecule has 2 heterocycles. The molecule has 1 amide bonds. The quantitative estimate of drug-likeness (QED) is 0.459. The van der Waals surface area contributed by atoms with Crippen molar-refractivity contribution in [2.24, 2.45) is 0 Å². The number of nitrogens with one attached hydrogen (secondary N) is 2. The minimum absolute atomic E-state index is 0.182. The molecule has 29 heavy (non-hydrogen) atoms. The fraction of sp³-hybridized carbons (Fsp3) is 0.136. The molecule has 4 aromatic rings. The first kappa shape index (κ1) is 19.0. The SMILES string of the molecule is Cc1sc2ncnc(NCCC(=O)Nc3ccccc3F)c2c1-c1ccccc1. The van der Waals surface area contributed by atoms with Crippen molar-refractivity contribution in [2.45, 2.75) is 13.3 Å². The lowest BCUT2D eigenvalue weighted by molar-refractivity contribution is -0.116. The zero-order chi connectivity index (χ0) is 20.2. The molecule has 0 aliphatic rings. The molecule has 0 spiro atoms. The Morgan fingerprint density at radius 2 is 1.83 bits per heavy atom. The van der Waals surface area contributed by atoms with Crippen molar-refractivity contribution in [3.8, 4) is 11.1 Å². The number of nitrogens with zero attached hydrogens (tertiary/aromatic N) is 2. The summed E-state index contributed by atoms with van der Waals surface area (Å²) in [4.78, 5) is 23.0. The first-order chi connectivity index (χ1) is 14.1. The van der Waals surface area contributed by atoms with Crippen molar-refractivity contribution in [1.82, 2.24) is 9.97 Å². The number of hydrogen-bond acceptors (Lipinski definition) is 5. The van der Waals surface area contributed by atoms with Gasteiger partial charge >= 0.3 is 0 Å². The predicted octanol–water partition coefficient (Wildman–Crippen LogP) is 5.25. The molecule has 5 nitrogen and oxygen atoms in total. The number of amides is 1. The maximum absolute atomic E-state index is 13.7. The second-order valence-corrected chi connectivity index (χ2v) is 7.71. The lowest BCUT2D eigenvalue weighted by Gasteiger charge is -2.10. The average molecular weight is 406 g/mol. The zero-order valence-corrected chi connectivity index (χ0v) is 16.6. The Balaban J connectivity index is 1.51. The number of rotatable bonds is 6.